The summed E-state index contributed by atoms with van der Waals surface area (Å²) in [6, 6.07) is 0. The van der Waals surface area contributed by atoms with E-state index in [4.69, 9.17) is 5.11 Å². The monoisotopic (exact) mass is 272 g/mol. The van der Waals surface area contributed by atoms with Crippen LogP contribution in [0.1, 0.15) is 25.7 Å². The molecule has 19 heavy (non-hydrogen) atoms. The number of hydrogen-bond donors (Lipinski definition) is 3. The number of imide groups is 1. The molecule has 0 heterocycles. The molecule has 1 aliphatic carbocycles. The van der Waals surface area contributed by atoms with Crippen molar-refractivity contribution in [3.8, 4) is 0 Å². The maximum Gasteiger partial charge on any atom is 0.413 e. The van der Waals surface area contributed by atoms with Crippen LogP contribution in [0.25, 0.3) is 0 Å². The van der Waals surface area contributed by atoms with E-state index in [1.165, 1.54) is 7.11 Å². The molecule has 1 rings (SSSR count). The van der Waals surface area contributed by atoms with Gasteiger partial charge in [-0.25, -0.2) is 4.79 Å². The number of amides is 2. The molecule has 0 saturated heterocycles. The van der Waals surface area contributed by atoms with Crippen molar-refractivity contribution in [3.63, 3.8) is 0 Å². The largest absolute Gasteiger partial charge is 0.481 e. The van der Waals surface area contributed by atoms with E-state index in [1.807, 2.05) is 5.32 Å². The topological polar surface area (TPSA) is 105 Å². The van der Waals surface area contributed by atoms with Gasteiger partial charge in [-0.05, 0) is 25.3 Å². The smallest absolute Gasteiger partial charge is 0.413 e. The molecule has 0 aromatic heterocycles. The van der Waals surface area contributed by atoms with E-state index >= 15 is 0 Å². The molecular weight excluding hydrogens is 252 g/mol. The molecule has 0 radical (unpaired) electrons. The first kappa shape index (κ1) is 15.4. The van der Waals surface area contributed by atoms with Crippen LogP contribution in [-0.4, -0.2) is 43.3 Å². The zero-order valence-electron chi connectivity index (χ0n) is 11.0. The predicted molar refractivity (Wildman–Crippen MR) is 66.5 cm³/mol. The molecule has 3 N–H and O–H groups in total. The van der Waals surface area contributed by atoms with Gasteiger partial charge in [0.25, 0.3) is 0 Å². The van der Waals surface area contributed by atoms with Crippen molar-refractivity contribution in [2.45, 2.75) is 25.7 Å². The van der Waals surface area contributed by atoms with Crippen molar-refractivity contribution >= 4 is 18.0 Å². The lowest BCUT2D eigenvalue weighted by Crippen LogP contribution is -2.41. The number of methoxy groups -OCH3 is 1. The van der Waals surface area contributed by atoms with Crippen LogP contribution in [-0.2, 0) is 14.3 Å². The van der Waals surface area contributed by atoms with Gasteiger partial charge in [0.15, 0.2) is 0 Å². The number of carboxylic acid groups (broad SMARTS) is 1. The Kier molecular flexibility index (Phi) is 6.27. The Morgan fingerprint density at radius 1 is 1.26 bits per heavy atom. The van der Waals surface area contributed by atoms with Crippen LogP contribution in [0.4, 0.5) is 4.79 Å². The Bertz CT molecular complexity index is 345. The molecule has 2 amide bonds. The first-order valence-electron chi connectivity index (χ1n) is 6.36. The number of carbonyl (C=O) groups is 3. The molecule has 1 aliphatic rings. The predicted octanol–water partition coefficient (Wildman–Crippen LogP) is 0.350. The summed E-state index contributed by atoms with van der Waals surface area (Å²) in [7, 11) is 1.18. The molecule has 2 unspecified atom stereocenters. The maximum atomic E-state index is 11.3. The number of ether oxygens (including phenoxy) is 1. The number of rotatable bonds is 5. The highest BCUT2D eigenvalue weighted by Crippen LogP contribution is 2.29. The van der Waals surface area contributed by atoms with Crippen molar-refractivity contribution in [1.29, 1.82) is 0 Å². The molecule has 2 atom stereocenters. The van der Waals surface area contributed by atoms with Gasteiger partial charge < -0.3 is 15.2 Å². The van der Waals surface area contributed by atoms with Crippen LogP contribution in [0.3, 0.4) is 0 Å². The standard InChI is InChI=1S/C12H20N2O5/c1-19-12(18)14-10(15)7-13-6-8-4-2-3-5-9(8)11(16)17/h8-9,13H,2-7H2,1H3,(H,16,17)(H,14,15,18). The van der Waals surface area contributed by atoms with E-state index < -0.39 is 18.0 Å². The van der Waals surface area contributed by atoms with E-state index in [0.29, 0.717) is 13.0 Å². The second-order valence-electron chi connectivity index (χ2n) is 4.66. The van der Waals surface area contributed by atoms with Gasteiger partial charge in [0, 0.05) is 0 Å². The summed E-state index contributed by atoms with van der Waals surface area (Å²) in [5.74, 6) is -1.57. The van der Waals surface area contributed by atoms with E-state index in [-0.39, 0.29) is 18.4 Å². The Morgan fingerprint density at radius 2 is 1.95 bits per heavy atom. The van der Waals surface area contributed by atoms with Gasteiger partial charge in [0.2, 0.25) is 5.91 Å². The number of nitrogens with one attached hydrogen (secondary N) is 2. The third kappa shape index (κ3) is 5.25. The third-order valence-electron chi connectivity index (χ3n) is 3.35. The molecule has 1 fully saturated rings. The first-order chi connectivity index (χ1) is 9.04. The zero-order valence-corrected chi connectivity index (χ0v) is 11.0. The second kappa shape index (κ2) is 7.73. The van der Waals surface area contributed by atoms with Crippen LogP contribution in [0.2, 0.25) is 0 Å². The molecule has 108 valence electrons. The van der Waals surface area contributed by atoms with Gasteiger partial charge >= 0.3 is 12.1 Å². The molecule has 0 aliphatic heterocycles. The fourth-order valence-electron chi connectivity index (χ4n) is 2.36. The molecule has 7 heteroatoms. The van der Waals surface area contributed by atoms with Crippen LogP contribution in [0.15, 0.2) is 0 Å². The summed E-state index contributed by atoms with van der Waals surface area (Å²) in [5.41, 5.74) is 0. The summed E-state index contributed by atoms with van der Waals surface area (Å²) in [6.45, 7) is 0.434. The second-order valence-corrected chi connectivity index (χ2v) is 4.66. The molecule has 0 bridgehead atoms. The Hall–Kier alpha value is -1.63. The highest BCUT2D eigenvalue weighted by atomic mass is 16.5. The van der Waals surface area contributed by atoms with Gasteiger partial charge in [-0.2, -0.15) is 0 Å². The van der Waals surface area contributed by atoms with Crippen LogP contribution in [0, 0.1) is 11.8 Å². The van der Waals surface area contributed by atoms with Crippen LogP contribution in [0.5, 0.6) is 0 Å². The fraction of sp³-hybridized carbons (Fsp3) is 0.750. The van der Waals surface area contributed by atoms with Crippen LogP contribution >= 0.6 is 0 Å². The Morgan fingerprint density at radius 3 is 2.58 bits per heavy atom. The third-order valence-corrected chi connectivity index (χ3v) is 3.35. The maximum absolute atomic E-state index is 11.3. The minimum absolute atomic E-state index is 0.0298. The van der Waals surface area contributed by atoms with Crippen molar-refractivity contribution in [3.05, 3.63) is 0 Å². The van der Waals surface area contributed by atoms with Crippen molar-refractivity contribution in [2.75, 3.05) is 20.2 Å². The van der Waals surface area contributed by atoms with Gasteiger partial charge in [-0.1, -0.05) is 12.8 Å². The number of alkyl carbamates (subject to hydrolysis) is 1. The van der Waals surface area contributed by atoms with Crippen molar-refractivity contribution in [1.82, 2.24) is 10.6 Å². The molecule has 7 nitrogen and oxygen atoms in total. The molecular formula is C12H20N2O5. The summed E-state index contributed by atoms with van der Waals surface area (Å²) >= 11 is 0. The van der Waals surface area contributed by atoms with Crippen LogP contribution < -0.4 is 10.6 Å². The lowest BCUT2D eigenvalue weighted by molar-refractivity contribution is -0.144. The summed E-state index contributed by atoms with van der Waals surface area (Å²) in [6.07, 6.45) is 2.70. The Balaban J connectivity index is 2.29. The highest BCUT2D eigenvalue weighted by molar-refractivity contribution is 5.92. The Labute approximate surface area is 111 Å². The lowest BCUT2D eigenvalue weighted by Gasteiger charge is -2.28. The average Bonchev–Trinajstić information content (AvgIpc) is 2.38. The minimum atomic E-state index is -0.798. The van der Waals surface area contributed by atoms with Gasteiger partial charge in [0.05, 0.1) is 19.6 Å². The van der Waals surface area contributed by atoms with E-state index in [1.54, 1.807) is 0 Å². The first-order valence-corrected chi connectivity index (χ1v) is 6.36. The summed E-state index contributed by atoms with van der Waals surface area (Å²) in [5, 5.41) is 14.0. The quantitative estimate of drug-likeness (QED) is 0.667. The van der Waals surface area contributed by atoms with Gasteiger partial charge in [0.1, 0.15) is 0 Å². The lowest BCUT2D eigenvalue weighted by atomic mass is 9.79. The highest BCUT2D eigenvalue weighted by Gasteiger charge is 2.30. The summed E-state index contributed by atoms with van der Waals surface area (Å²) in [4.78, 5) is 33.1. The molecule has 0 spiro atoms. The van der Waals surface area contributed by atoms with E-state index in [0.717, 1.165) is 19.3 Å². The number of carboxylic acids is 1. The van der Waals surface area contributed by atoms with E-state index in [9.17, 15) is 14.4 Å². The molecule has 1 saturated carbocycles. The normalized spacial score (nSPS) is 22.6. The van der Waals surface area contributed by atoms with Crippen molar-refractivity contribution in [2.24, 2.45) is 11.8 Å². The van der Waals surface area contributed by atoms with E-state index in [2.05, 4.69) is 10.1 Å². The number of hydrogen-bond acceptors (Lipinski definition) is 5. The number of aliphatic carboxylic acids is 1. The van der Waals surface area contributed by atoms with Gasteiger partial charge in [-0.3, -0.25) is 14.9 Å². The minimum Gasteiger partial charge on any atom is -0.481 e. The van der Waals surface area contributed by atoms with Gasteiger partial charge in [-0.15, -0.1) is 0 Å². The van der Waals surface area contributed by atoms with Crippen molar-refractivity contribution < 1.29 is 24.2 Å². The summed E-state index contributed by atoms with van der Waals surface area (Å²) < 4.78 is 4.29. The molecule has 0 aromatic carbocycles. The molecule has 0 aromatic rings. The number of carbonyl (C=O) groups excluding carboxylic acids is 2. The average molecular weight is 272 g/mol. The SMILES string of the molecule is COC(=O)NC(=O)CNCC1CCCCC1C(=O)O. The zero-order chi connectivity index (χ0) is 14.3. The fourth-order valence-corrected chi connectivity index (χ4v) is 2.36.